The maximum absolute atomic E-state index is 13.7. The van der Waals surface area contributed by atoms with Crippen molar-refractivity contribution in [1.29, 1.82) is 0 Å². The minimum absolute atomic E-state index is 0. The predicted molar refractivity (Wildman–Crippen MR) is 128 cm³/mol. The van der Waals surface area contributed by atoms with Crippen LogP contribution < -0.4 is 4.74 Å². The van der Waals surface area contributed by atoms with E-state index in [2.05, 4.69) is 4.90 Å². The molecule has 1 amide bonds. The molecule has 3 rings (SSSR count). The van der Waals surface area contributed by atoms with Gasteiger partial charge in [-0.15, -0.1) is 0 Å². The summed E-state index contributed by atoms with van der Waals surface area (Å²) in [6.45, 7) is 6.48. The summed E-state index contributed by atoms with van der Waals surface area (Å²) < 4.78 is 50.8. The molecule has 1 aliphatic rings. The van der Waals surface area contributed by atoms with Crippen LogP contribution in [0.3, 0.4) is 0 Å². The van der Waals surface area contributed by atoms with Gasteiger partial charge < -0.3 is 9.64 Å². The number of piperazine rings is 1. The van der Waals surface area contributed by atoms with Crippen LogP contribution in [0.25, 0.3) is 0 Å². The molecule has 0 radical (unpaired) electrons. The zero-order chi connectivity index (χ0) is 23.5. The monoisotopic (exact) mass is 526 g/mol. The molecule has 2 aromatic carbocycles. The number of rotatable bonds is 7. The van der Waals surface area contributed by atoms with Crippen LogP contribution >= 0.6 is 11.6 Å². The van der Waals surface area contributed by atoms with E-state index in [0.717, 1.165) is 11.1 Å². The summed E-state index contributed by atoms with van der Waals surface area (Å²) in [4.78, 5) is 16.5. The van der Waals surface area contributed by atoms with Crippen molar-refractivity contribution in [2.75, 3.05) is 32.8 Å². The number of ether oxygens (including phenoxy) is 1. The Morgan fingerprint density at radius 3 is 2.39 bits per heavy atom. The molecule has 33 heavy (non-hydrogen) atoms. The zero-order valence-corrected chi connectivity index (χ0v) is 19.5. The normalized spacial score (nSPS) is 14.6. The van der Waals surface area contributed by atoms with Gasteiger partial charge in [-0.3, -0.25) is 14.2 Å². The molecule has 0 aromatic heterocycles. The van der Waals surface area contributed by atoms with Crippen LogP contribution in [0, 0.1) is 19.7 Å². The Balaban J connectivity index is 0.00000385. The molecule has 178 valence electrons. The van der Waals surface area contributed by atoms with Gasteiger partial charge >= 0.3 is 37.7 Å². The number of hydrogen-bond donors (Lipinski definition) is 1. The molecule has 7 nitrogen and oxygen atoms in total. The minimum atomic E-state index is -4.28. The van der Waals surface area contributed by atoms with E-state index in [0.29, 0.717) is 43.3 Å². The Hall–Kier alpha value is -0.940. The van der Waals surface area contributed by atoms with E-state index in [1.807, 2.05) is 13.0 Å². The van der Waals surface area contributed by atoms with Crippen LogP contribution in [0.5, 0.6) is 5.75 Å². The number of aryl methyl sites for hydroxylation is 2. The summed E-state index contributed by atoms with van der Waals surface area (Å²) in [6, 6.07) is 7.79. The number of carbonyl (C=O) groups is 1. The second kappa shape index (κ2) is 12.2. The Labute approximate surface area is 228 Å². The molecule has 0 bridgehead atoms. The first kappa shape index (κ1) is 28.3. The summed E-state index contributed by atoms with van der Waals surface area (Å²) in [5.41, 5.74) is 2.78. The third-order valence-corrected chi connectivity index (χ3v) is 6.36. The molecule has 11 heteroatoms. The molecule has 0 spiro atoms. The summed E-state index contributed by atoms with van der Waals surface area (Å²) in [5, 5.41) is 0.296. The van der Waals surface area contributed by atoms with Gasteiger partial charge in [0.25, 0.3) is 16.0 Å². The Kier molecular flexibility index (Phi) is 10.4. The van der Waals surface area contributed by atoms with Gasteiger partial charge in [0, 0.05) is 43.3 Å². The number of nitrogens with zero attached hydrogens (tertiary/aromatic N) is 2. The fourth-order valence-corrected chi connectivity index (χ4v) is 4.45. The molecule has 1 saturated heterocycles. The molecule has 0 saturated carbocycles. The van der Waals surface area contributed by atoms with E-state index < -0.39 is 15.9 Å². The molecule has 2 aromatic rings. The van der Waals surface area contributed by atoms with Crippen LogP contribution in [0.4, 0.5) is 4.39 Å². The molecule has 1 heterocycles. The van der Waals surface area contributed by atoms with Crippen LogP contribution in [0.15, 0.2) is 30.3 Å². The van der Waals surface area contributed by atoms with Gasteiger partial charge in [0.15, 0.2) is 6.61 Å². The van der Waals surface area contributed by atoms with Crippen molar-refractivity contribution < 1.29 is 26.9 Å². The van der Waals surface area contributed by atoms with Crippen LogP contribution in [0.1, 0.15) is 22.3 Å². The molecule has 1 aliphatic heterocycles. The van der Waals surface area contributed by atoms with Gasteiger partial charge in [-0.1, -0.05) is 17.7 Å². The molecule has 0 atom stereocenters. The van der Waals surface area contributed by atoms with Gasteiger partial charge in [0.1, 0.15) is 17.3 Å². The summed E-state index contributed by atoms with van der Waals surface area (Å²) >= 11 is 5.90. The molecule has 1 N–H and O–H groups in total. The second-order valence-corrected chi connectivity index (χ2v) is 9.84. The van der Waals surface area contributed by atoms with E-state index in [4.69, 9.17) is 20.9 Å². The Morgan fingerprint density at radius 1 is 1.09 bits per heavy atom. The van der Waals surface area contributed by atoms with Crippen LogP contribution in [-0.2, 0) is 27.2 Å². The topological polar surface area (TPSA) is 87.2 Å². The number of carbonyl (C=O) groups excluding carboxylic acids is 1. The zero-order valence-electron chi connectivity index (χ0n) is 18.0. The molecule has 0 aliphatic carbocycles. The van der Waals surface area contributed by atoms with E-state index >= 15 is 0 Å². The first-order valence-electron chi connectivity index (χ1n) is 10.1. The molecule has 1 fully saturated rings. The fraction of sp³-hybridized carbons (Fsp3) is 0.409. The predicted octanol–water partition coefficient (Wildman–Crippen LogP) is 2.29. The number of amides is 1. The quantitative estimate of drug-likeness (QED) is 0.440. The van der Waals surface area contributed by atoms with Crippen molar-refractivity contribution in [3.63, 3.8) is 0 Å². The summed E-state index contributed by atoms with van der Waals surface area (Å²) in [6.07, 6.45) is 0. The van der Waals surface area contributed by atoms with Crippen molar-refractivity contribution >= 4 is 65.4 Å². The van der Waals surface area contributed by atoms with Crippen molar-refractivity contribution in [2.45, 2.75) is 26.1 Å². The number of halogens is 2. The number of benzene rings is 2. The first-order valence-corrected chi connectivity index (χ1v) is 12.1. The summed E-state index contributed by atoms with van der Waals surface area (Å²) in [5.74, 6) is -0.896. The van der Waals surface area contributed by atoms with Crippen molar-refractivity contribution in [3.8, 4) is 5.75 Å². The van der Waals surface area contributed by atoms with E-state index in [9.17, 15) is 17.6 Å². The average Bonchev–Trinajstić information content (AvgIpc) is 2.70. The van der Waals surface area contributed by atoms with Crippen molar-refractivity contribution in [3.05, 3.63) is 63.4 Å². The maximum atomic E-state index is 13.7. The second-order valence-electron chi connectivity index (χ2n) is 7.95. The van der Waals surface area contributed by atoms with E-state index in [-0.39, 0.29) is 67.4 Å². The van der Waals surface area contributed by atoms with Gasteiger partial charge in [0.2, 0.25) is 0 Å². The SMILES string of the molecule is Cc1cc(CN2CCN(C(=O)COc3ccc(Cl)cc3CS(=O)(=O)O)CC2)c(C)cc1F.[CaH2]. The molecular weight excluding hydrogens is 499 g/mol. The first-order chi connectivity index (χ1) is 15.0. The van der Waals surface area contributed by atoms with E-state index in [1.165, 1.54) is 18.2 Å². The van der Waals surface area contributed by atoms with Gasteiger partial charge in [0.05, 0.1) is 0 Å². The van der Waals surface area contributed by atoms with Crippen LogP contribution in [0.2, 0.25) is 5.02 Å². The van der Waals surface area contributed by atoms with Crippen molar-refractivity contribution in [1.82, 2.24) is 9.80 Å². The van der Waals surface area contributed by atoms with Gasteiger partial charge in [-0.25, -0.2) is 4.39 Å². The Bertz CT molecular complexity index is 1110. The van der Waals surface area contributed by atoms with Crippen molar-refractivity contribution in [2.24, 2.45) is 0 Å². The van der Waals surface area contributed by atoms with E-state index in [1.54, 1.807) is 17.9 Å². The third kappa shape index (κ3) is 8.35. The van der Waals surface area contributed by atoms with Gasteiger partial charge in [-0.05, 0) is 54.8 Å². The average molecular weight is 527 g/mol. The summed E-state index contributed by atoms with van der Waals surface area (Å²) in [7, 11) is -4.28. The fourth-order valence-electron chi connectivity index (χ4n) is 3.64. The molecule has 0 unspecified atom stereocenters. The number of hydrogen-bond acceptors (Lipinski definition) is 5. The molecular formula is C22H28CaClFN2O5S. The standard InChI is InChI=1S/C22H26ClFN2O5S.Ca.2H/c1-15-10-20(24)16(2)9-17(15)12-25-5-7-26(8-6-25)22(27)13-31-21-4-3-19(23)11-18(21)14-32(28,29)30;;;/h3-4,9-11H,5-8,12-14H2,1-2H3,(H,28,29,30);;;. The van der Waals surface area contributed by atoms with Crippen LogP contribution in [-0.4, -0.2) is 99.2 Å². The Morgan fingerprint density at radius 2 is 1.76 bits per heavy atom. The van der Waals surface area contributed by atoms with Gasteiger partial charge in [-0.2, -0.15) is 8.42 Å². The third-order valence-electron chi connectivity index (χ3n) is 5.45.